The van der Waals surface area contributed by atoms with Crippen molar-refractivity contribution in [3.63, 3.8) is 0 Å². The summed E-state index contributed by atoms with van der Waals surface area (Å²) >= 11 is 0. The predicted molar refractivity (Wildman–Crippen MR) is 161 cm³/mol. The van der Waals surface area contributed by atoms with Gasteiger partial charge >= 0.3 is 18.3 Å². The van der Waals surface area contributed by atoms with Crippen molar-refractivity contribution in [2.45, 2.75) is 51.6 Å². The van der Waals surface area contributed by atoms with E-state index in [0.717, 1.165) is 30.8 Å². The molecule has 1 fully saturated rings. The minimum absolute atomic E-state index is 0.119. The summed E-state index contributed by atoms with van der Waals surface area (Å²) in [5, 5.41) is 13.8. The highest BCUT2D eigenvalue weighted by molar-refractivity contribution is 6.05. The van der Waals surface area contributed by atoms with Gasteiger partial charge in [-0.1, -0.05) is 23.4 Å². The topological polar surface area (TPSA) is 118 Å². The molecule has 0 spiro atoms. The van der Waals surface area contributed by atoms with Crippen LogP contribution in [0.3, 0.4) is 0 Å². The number of anilines is 3. The van der Waals surface area contributed by atoms with E-state index in [1.807, 2.05) is 0 Å². The number of fused-ring (bicyclic) bond motifs is 4. The van der Waals surface area contributed by atoms with Gasteiger partial charge in [0.05, 0.1) is 41.4 Å². The molecular weight excluding hydrogens is 589 g/mol. The second-order valence-electron chi connectivity index (χ2n) is 11.9. The number of carbonyl (C=O) groups is 2. The molecule has 0 aliphatic carbocycles. The molecule has 3 amide bonds. The summed E-state index contributed by atoms with van der Waals surface area (Å²) in [6.45, 7) is 6.80. The van der Waals surface area contributed by atoms with Gasteiger partial charge in [0.25, 0.3) is 0 Å². The molecule has 0 radical (unpaired) electrons. The third-order valence-electron chi connectivity index (χ3n) is 7.37. The summed E-state index contributed by atoms with van der Waals surface area (Å²) in [5.74, 6) is 0.394. The Hall–Kier alpha value is -5.14. The van der Waals surface area contributed by atoms with E-state index in [1.54, 1.807) is 74.3 Å². The number of nitrogens with one attached hydrogen (secondary N) is 2. The first-order chi connectivity index (χ1) is 21.3. The van der Waals surface area contributed by atoms with Crippen LogP contribution < -0.4 is 20.4 Å². The first-order valence-electron chi connectivity index (χ1n) is 14.4. The van der Waals surface area contributed by atoms with Gasteiger partial charge in [0.15, 0.2) is 5.82 Å². The van der Waals surface area contributed by atoms with Crippen LogP contribution in [-0.4, -0.2) is 56.8 Å². The fourth-order valence-corrected chi connectivity index (χ4v) is 5.38. The van der Waals surface area contributed by atoms with Crippen molar-refractivity contribution in [1.82, 2.24) is 25.3 Å². The lowest BCUT2D eigenvalue weighted by Crippen LogP contribution is -2.48. The van der Waals surface area contributed by atoms with Crippen molar-refractivity contribution in [2.24, 2.45) is 0 Å². The zero-order valence-electron chi connectivity index (χ0n) is 24.8. The number of aromatic nitrogens is 4. The van der Waals surface area contributed by atoms with Gasteiger partial charge in [0.1, 0.15) is 11.3 Å². The van der Waals surface area contributed by atoms with Gasteiger partial charge in [-0.3, -0.25) is 4.90 Å². The van der Waals surface area contributed by atoms with Gasteiger partial charge < -0.3 is 20.3 Å². The maximum Gasteiger partial charge on any atom is 0.416 e. The first kappa shape index (κ1) is 29.9. The summed E-state index contributed by atoms with van der Waals surface area (Å²) < 4.78 is 46.9. The molecule has 6 rings (SSSR count). The number of alkyl halides is 3. The summed E-state index contributed by atoms with van der Waals surface area (Å²) in [5.41, 5.74) is 1.63. The lowest BCUT2D eigenvalue weighted by atomic mass is 10.1. The molecular formula is C31H31F3N8O3. The van der Waals surface area contributed by atoms with E-state index in [-0.39, 0.29) is 12.6 Å². The quantitative estimate of drug-likeness (QED) is 0.281. The molecule has 234 valence electrons. The lowest BCUT2D eigenvalue weighted by Gasteiger charge is -2.36. The number of hydrogen-bond donors (Lipinski definition) is 2. The lowest BCUT2D eigenvalue weighted by molar-refractivity contribution is -0.137. The van der Waals surface area contributed by atoms with Gasteiger partial charge in [-0.2, -0.15) is 13.2 Å². The van der Waals surface area contributed by atoms with Crippen LogP contribution in [0, 0.1) is 0 Å². The Morgan fingerprint density at radius 3 is 2.62 bits per heavy atom. The largest absolute Gasteiger partial charge is 0.444 e. The predicted octanol–water partition coefficient (Wildman–Crippen LogP) is 6.00. The number of urea groups is 1. The van der Waals surface area contributed by atoms with Crippen molar-refractivity contribution < 1.29 is 27.5 Å². The Labute approximate surface area is 257 Å². The van der Waals surface area contributed by atoms with Crippen molar-refractivity contribution >= 4 is 29.3 Å². The molecule has 1 unspecified atom stereocenters. The average Bonchev–Trinajstić information content (AvgIpc) is 3.63. The molecule has 2 aromatic carbocycles. The molecule has 1 atom stereocenters. The smallest absolute Gasteiger partial charge is 0.416 e. The summed E-state index contributed by atoms with van der Waals surface area (Å²) in [4.78, 5) is 34.2. The monoisotopic (exact) mass is 620 g/mol. The summed E-state index contributed by atoms with van der Waals surface area (Å²) in [6.07, 6.45) is -2.67. The highest BCUT2D eigenvalue weighted by Crippen LogP contribution is 2.41. The number of alkyl carbamates (subject to hydrolysis) is 1. The van der Waals surface area contributed by atoms with Gasteiger partial charge in [-0.15, -0.1) is 5.10 Å². The number of rotatable bonds is 5. The van der Waals surface area contributed by atoms with Crippen molar-refractivity contribution in [2.75, 3.05) is 28.2 Å². The Kier molecular flexibility index (Phi) is 7.59. The molecule has 2 N–H and O–H groups in total. The number of amides is 3. The summed E-state index contributed by atoms with van der Waals surface area (Å²) in [7, 11) is 0. The third-order valence-corrected chi connectivity index (χ3v) is 7.37. The first-order valence-corrected chi connectivity index (χ1v) is 14.4. The molecule has 11 nitrogen and oxygen atoms in total. The molecule has 2 aromatic heterocycles. The summed E-state index contributed by atoms with van der Waals surface area (Å²) in [6, 6.07) is 14.9. The van der Waals surface area contributed by atoms with Crippen LogP contribution in [0.5, 0.6) is 0 Å². The fourth-order valence-electron chi connectivity index (χ4n) is 5.38. The molecule has 4 heterocycles. The Bertz CT molecular complexity index is 1750. The zero-order chi connectivity index (χ0) is 31.9. The van der Waals surface area contributed by atoms with E-state index < -0.39 is 29.5 Å². The minimum atomic E-state index is -4.49. The number of benzene rings is 2. The molecule has 2 bridgehead atoms. The highest BCUT2D eigenvalue weighted by Gasteiger charge is 2.40. The number of nitrogens with zero attached hydrogens (tertiary/aromatic N) is 6. The molecule has 14 heteroatoms. The Morgan fingerprint density at radius 2 is 1.84 bits per heavy atom. The zero-order valence-corrected chi connectivity index (χ0v) is 24.8. The molecule has 45 heavy (non-hydrogen) atoms. The standard InChI is InChI=1S/C31H31F3N8O3/c1-30(2,3)45-29(44)35-16-22-17-41(39-38-22)23-9-5-8-21(15-23)36-28(43)42-24-12-13-40(18-24)26-11-10-25(37-27(26)42)19-6-4-7-20(14-19)31(32,33)34/h4-11,14-15,17,24H,12-13,16,18H2,1-3H3,(H,35,44)(H,36,43). The maximum atomic E-state index is 13.8. The fraction of sp³-hybridized carbons (Fsp3) is 0.323. The third kappa shape index (κ3) is 6.54. The van der Waals surface area contributed by atoms with E-state index >= 15 is 0 Å². The normalized spacial score (nSPS) is 15.9. The van der Waals surface area contributed by atoms with Crippen molar-refractivity contribution in [1.29, 1.82) is 0 Å². The van der Waals surface area contributed by atoms with Gasteiger partial charge in [-0.05, 0) is 69.7 Å². The Balaban J connectivity index is 1.21. The van der Waals surface area contributed by atoms with Crippen LogP contribution >= 0.6 is 0 Å². The number of halogens is 3. The van der Waals surface area contributed by atoms with Crippen LogP contribution in [0.4, 0.5) is 40.0 Å². The number of hydrogen-bond acceptors (Lipinski definition) is 7. The van der Waals surface area contributed by atoms with E-state index in [0.29, 0.717) is 40.7 Å². The van der Waals surface area contributed by atoms with Crippen molar-refractivity contribution in [3.8, 4) is 16.9 Å². The van der Waals surface area contributed by atoms with Crippen LogP contribution in [0.1, 0.15) is 38.4 Å². The van der Waals surface area contributed by atoms with Crippen LogP contribution in [0.2, 0.25) is 0 Å². The minimum Gasteiger partial charge on any atom is -0.444 e. The highest BCUT2D eigenvalue weighted by atomic mass is 19.4. The van der Waals surface area contributed by atoms with Crippen LogP contribution in [-0.2, 0) is 17.5 Å². The van der Waals surface area contributed by atoms with E-state index in [2.05, 4.69) is 25.8 Å². The average molecular weight is 621 g/mol. The number of carbonyl (C=O) groups excluding carboxylic acids is 2. The van der Waals surface area contributed by atoms with Gasteiger partial charge in [0, 0.05) is 24.3 Å². The number of pyridine rings is 1. The van der Waals surface area contributed by atoms with Crippen LogP contribution in [0.25, 0.3) is 16.9 Å². The molecule has 0 saturated carbocycles. The van der Waals surface area contributed by atoms with Crippen LogP contribution in [0.15, 0.2) is 66.9 Å². The molecule has 2 aliphatic rings. The van der Waals surface area contributed by atoms with Gasteiger partial charge in [-0.25, -0.2) is 19.3 Å². The van der Waals surface area contributed by atoms with E-state index in [9.17, 15) is 22.8 Å². The second kappa shape index (κ2) is 11.4. The van der Waals surface area contributed by atoms with E-state index in [1.165, 1.54) is 10.7 Å². The van der Waals surface area contributed by atoms with Crippen molar-refractivity contribution in [3.05, 3.63) is 78.1 Å². The molecule has 4 aromatic rings. The van der Waals surface area contributed by atoms with Gasteiger partial charge in [0.2, 0.25) is 0 Å². The SMILES string of the molecule is CC(C)(C)OC(=O)NCc1cn(-c2cccc(NC(=O)N3c4nc(-c5cccc(C(F)(F)F)c5)ccc4N4CCC3C4)c2)nn1. The van der Waals surface area contributed by atoms with E-state index in [4.69, 9.17) is 9.72 Å². The number of ether oxygens (including phenoxy) is 1. The maximum absolute atomic E-state index is 13.8. The Morgan fingerprint density at radius 1 is 1.04 bits per heavy atom. The molecule has 1 saturated heterocycles. The molecule has 2 aliphatic heterocycles. The second-order valence-corrected chi connectivity index (χ2v) is 11.9.